The number of esters is 3. The van der Waals surface area contributed by atoms with Crippen molar-refractivity contribution in [1.29, 1.82) is 0 Å². The van der Waals surface area contributed by atoms with E-state index in [1.165, 1.54) is 128 Å². The summed E-state index contributed by atoms with van der Waals surface area (Å²) >= 11 is 0. The number of carbonyl (C=O) groups excluding carboxylic acids is 3. The van der Waals surface area contributed by atoms with Gasteiger partial charge in [0.15, 0.2) is 6.10 Å². The zero-order valence-electron chi connectivity index (χ0n) is 51.6. The second kappa shape index (κ2) is 66.3. The molecule has 0 radical (unpaired) electrons. The molecule has 0 saturated heterocycles. The largest absolute Gasteiger partial charge is 0.462 e. The molecular formula is C73H122O6. The van der Waals surface area contributed by atoms with E-state index in [9.17, 15) is 14.4 Å². The van der Waals surface area contributed by atoms with Gasteiger partial charge in [0.05, 0.1) is 0 Å². The maximum absolute atomic E-state index is 12.9. The molecule has 0 heterocycles. The van der Waals surface area contributed by atoms with Crippen molar-refractivity contribution in [2.75, 3.05) is 13.2 Å². The van der Waals surface area contributed by atoms with E-state index in [1.807, 2.05) is 0 Å². The van der Waals surface area contributed by atoms with E-state index in [-0.39, 0.29) is 31.1 Å². The standard InChI is InChI=1S/C73H122O6/c1-4-7-10-13-16-19-22-25-28-31-33-34-35-36-37-38-40-42-45-48-51-54-57-60-63-66-72(75)78-69-70(68-77-71(74)65-62-59-56-53-50-47-44-41-30-27-24-21-18-15-12-9-6-3)79-73(76)67-64-61-58-55-52-49-46-43-39-32-29-26-23-20-17-14-11-8-5-2/h7,9-10,12,16,18-19,21,25-30,33-34,36-37,44,47,70H,4-6,8,11,13-15,17,20,22-24,31-32,35,38-43,45-46,48-69H2,1-3H3/b10-7-,12-9-,19-16-,21-18-,28-25-,29-26-,30-27-,34-33-,37-36-,47-44-. The van der Waals surface area contributed by atoms with E-state index < -0.39 is 6.10 Å². The molecule has 79 heavy (non-hydrogen) atoms. The minimum Gasteiger partial charge on any atom is -0.462 e. The molecule has 0 aromatic heterocycles. The maximum Gasteiger partial charge on any atom is 0.306 e. The molecule has 6 heteroatoms. The maximum atomic E-state index is 12.9. The fourth-order valence-corrected chi connectivity index (χ4v) is 9.04. The summed E-state index contributed by atoms with van der Waals surface area (Å²) in [6, 6.07) is 0. The Morgan fingerprint density at radius 1 is 0.266 bits per heavy atom. The van der Waals surface area contributed by atoms with E-state index in [4.69, 9.17) is 14.2 Å². The summed E-state index contributed by atoms with van der Waals surface area (Å²) in [6.07, 6.45) is 92.0. The third kappa shape index (κ3) is 64.5. The van der Waals surface area contributed by atoms with Gasteiger partial charge >= 0.3 is 17.9 Å². The van der Waals surface area contributed by atoms with Crippen LogP contribution in [0.3, 0.4) is 0 Å². The van der Waals surface area contributed by atoms with E-state index in [0.29, 0.717) is 19.3 Å². The molecule has 1 unspecified atom stereocenters. The number of hydrogen-bond donors (Lipinski definition) is 0. The molecule has 0 bridgehead atoms. The van der Waals surface area contributed by atoms with E-state index in [0.717, 1.165) is 135 Å². The zero-order valence-corrected chi connectivity index (χ0v) is 51.6. The second-order valence-electron chi connectivity index (χ2n) is 21.6. The Balaban J connectivity index is 4.41. The minimum atomic E-state index is -0.797. The number of rotatable bonds is 59. The van der Waals surface area contributed by atoms with Crippen LogP contribution >= 0.6 is 0 Å². The molecule has 1 atom stereocenters. The number of allylic oxidation sites excluding steroid dienone is 20. The highest BCUT2D eigenvalue weighted by molar-refractivity contribution is 5.71. The summed E-state index contributed by atoms with van der Waals surface area (Å²) in [4.78, 5) is 38.4. The number of hydrogen-bond acceptors (Lipinski definition) is 6. The van der Waals surface area contributed by atoms with Gasteiger partial charge in [0.1, 0.15) is 13.2 Å². The van der Waals surface area contributed by atoms with Crippen molar-refractivity contribution in [1.82, 2.24) is 0 Å². The molecule has 0 spiro atoms. The molecule has 0 amide bonds. The van der Waals surface area contributed by atoms with Crippen LogP contribution in [-0.2, 0) is 28.6 Å². The summed E-state index contributed by atoms with van der Waals surface area (Å²) in [6.45, 7) is 6.41. The Labute approximate surface area is 488 Å². The van der Waals surface area contributed by atoms with Crippen molar-refractivity contribution in [3.8, 4) is 0 Å². The first-order chi connectivity index (χ1) is 39.0. The molecule has 0 aromatic carbocycles. The first-order valence-electron chi connectivity index (χ1n) is 33.0. The topological polar surface area (TPSA) is 78.9 Å². The third-order valence-electron chi connectivity index (χ3n) is 13.9. The summed E-state index contributed by atoms with van der Waals surface area (Å²) < 4.78 is 16.9. The molecule has 0 saturated carbocycles. The lowest BCUT2D eigenvalue weighted by Crippen LogP contribution is -2.30. The van der Waals surface area contributed by atoms with Crippen molar-refractivity contribution in [2.45, 2.75) is 309 Å². The third-order valence-corrected chi connectivity index (χ3v) is 13.9. The van der Waals surface area contributed by atoms with Crippen LogP contribution in [-0.4, -0.2) is 37.2 Å². The predicted molar refractivity (Wildman–Crippen MR) is 343 cm³/mol. The van der Waals surface area contributed by atoms with Gasteiger partial charge in [-0.25, -0.2) is 0 Å². The Morgan fingerprint density at radius 3 is 0.785 bits per heavy atom. The van der Waals surface area contributed by atoms with E-state index in [2.05, 4.69) is 142 Å². The van der Waals surface area contributed by atoms with Crippen molar-refractivity contribution in [2.24, 2.45) is 0 Å². The molecule has 0 aliphatic heterocycles. The average Bonchev–Trinajstić information content (AvgIpc) is 3.45. The molecule has 0 fully saturated rings. The van der Waals surface area contributed by atoms with Gasteiger partial charge in [-0.3, -0.25) is 14.4 Å². The van der Waals surface area contributed by atoms with Gasteiger partial charge in [-0.05, 0) is 128 Å². The van der Waals surface area contributed by atoms with Gasteiger partial charge in [-0.15, -0.1) is 0 Å². The molecule has 450 valence electrons. The Bertz CT molecular complexity index is 1640. The van der Waals surface area contributed by atoms with Crippen LogP contribution in [0.25, 0.3) is 0 Å². The summed E-state index contributed by atoms with van der Waals surface area (Å²) in [5.74, 6) is -0.916. The fraction of sp³-hybridized carbons (Fsp3) is 0.685. The van der Waals surface area contributed by atoms with Crippen LogP contribution in [0.4, 0.5) is 0 Å². The van der Waals surface area contributed by atoms with Gasteiger partial charge in [0.25, 0.3) is 0 Å². The van der Waals surface area contributed by atoms with Gasteiger partial charge in [-0.2, -0.15) is 0 Å². The highest BCUT2D eigenvalue weighted by Crippen LogP contribution is 2.16. The first-order valence-corrected chi connectivity index (χ1v) is 33.0. The highest BCUT2D eigenvalue weighted by atomic mass is 16.6. The first kappa shape index (κ1) is 74.8. The molecule has 6 nitrogen and oxygen atoms in total. The number of carbonyl (C=O) groups is 3. The smallest absolute Gasteiger partial charge is 0.306 e. The zero-order chi connectivity index (χ0) is 57.1. The normalized spacial score (nSPS) is 12.9. The fourth-order valence-electron chi connectivity index (χ4n) is 9.04. The van der Waals surface area contributed by atoms with Gasteiger partial charge < -0.3 is 14.2 Å². The minimum absolute atomic E-state index is 0.0916. The van der Waals surface area contributed by atoms with Crippen LogP contribution in [0, 0.1) is 0 Å². The molecule has 0 rings (SSSR count). The summed E-state index contributed by atoms with van der Waals surface area (Å²) in [7, 11) is 0. The summed E-state index contributed by atoms with van der Waals surface area (Å²) in [5.41, 5.74) is 0. The highest BCUT2D eigenvalue weighted by Gasteiger charge is 2.19. The second-order valence-corrected chi connectivity index (χ2v) is 21.6. The van der Waals surface area contributed by atoms with Crippen LogP contribution in [0.1, 0.15) is 303 Å². The van der Waals surface area contributed by atoms with Crippen molar-refractivity contribution >= 4 is 17.9 Å². The van der Waals surface area contributed by atoms with Crippen LogP contribution in [0.5, 0.6) is 0 Å². The van der Waals surface area contributed by atoms with Gasteiger partial charge in [0.2, 0.25) is 0 Å². The Morgan fingerprint density at radius 2 is 0.494 bits per heavy atom. The van der Waals surface area contributed by atoms with E-state index in [1.54, 1.807) is 0 Å². The Hall–Kier alpha value is -4.19. The molecule has 0 aliphatic rings. The summed E-state index contributed by atoms with van der Waals surface area (Å²) in [5, 5.41) is 0. The lowest BCUT2D eigenvalue weighted by atomic mass is 10.1. The molecular weight excluding hydrogens is 973 g/mol. The lowest BCUT2D eigenvalue weighted by Gasteiger charge is -2.18. The SMILES string of the molecule is CC/C=C\C/C=C\C/C=C\C/C=C\C/C=C\CCCCCCCCCCCC(=O)OCC(COC(=O)CCCCCC/C=C\C/C=C\C/C=C\C/C=C\CC)OC(=O)CCCCCCCCCCC/C=C\CCCCCCCC. The average molecular weight is 1100 g/mol. The molecule has 0 N–H and O–H groups in total. The monoisotopic (exact) mass is 1090 g/mol. The van der Waals surface area contributed by atoms with Gasteiger partial charge in [0, 0.05) is 19.3 Å². The quantitative estimate of drug-likeness (QED) is 0.0261. The molecule has 0 aromatic rings. The lowest BCUT2D eigenvalue weighted by molar-refractivity contribution is -0.167. The van der Waals surface area contributed by atoms with Crippen LogP contribution in [0.2, 0.25) is 0 Å². The number of unbranched alkanes of at least 4 members (excludes halogenated alkanes) is 28. The Kier molecular flexibility index (Phi) is 62.8. The van der Waals surface area contributed by atoms with E-state index >= 15 is 0 Å². The van der Waals surface area contributed by atoms with Crippen LogP contribution in [0.15, 0.2) is 122 Å². The molecule has 0 aliphatic carbocycles. The van der Waals surface area contributed by atoms with Crippen molar-refractivity contribution < 1.29 is 28.6 Å². The van der Waals surface area contributed by atoms with Crippen LogP contribution < -0.4 is 0 Å². The number of ether oxygens (including phenoxy) is 3. The van der Waals surface area contributed by atoms with Crippen molar-refractivity contribution in [3.05, 3.63) is 122 Å². The van der Waals surface area contributed by atoms with Crippen molar-refractivity contribution in [3.63, 3.8) is 0 Å². The van der Waals surface area contributed by atoms with Gasteiger partial charge in [-0.1, -0.05) is 277 Å². The predicted octanol–water partition coefficient (Wildman–Crippen LogP) is 22.8.